The van der Waals surface area contributed by atoms with Crippen molar-refractivity contribution in [3.05, 3.63) is 23.8 Å². The van der Waals surface area contributed by atoms with Crippen molar-refractivity contribution in [2.75, 3.05) is 25.1 Å². The molecule has 31 heavy (non-hydrogen) atoms. The van der Waals surface area contributed by atoms with E-state index in [2.05, 4.69) is 16.0 Å². The molecule has 0 saturated carbocycles. The first-order valence-electron chi connectivity index (χ1n) is 9.48. The highest BCUT2D eigenvalue weighted by molar-refractivity contribution is 14.1. The summed E-state index contributed by atoms with van der Waals surface area (Å²) in [4.78, 5) is 38.1. The van der Waals surface area contributed by atoms with E-state index in [1.165, 1.54) is 6.92 Å². The largest absolute Gasteiger partial charge is 0.394 e. The van der Waals surface area contributed by atoms with Crippen LogP contribution in [0.15, 0.2) is 0 Å². The zero-order valence-electron chi connectivity index (χ0n) is 17.3. The molecule has 174 valence electrons. The van der Waals surface area contributed by atoms with Crippen LogP contribution in [0.25, 0.3) is 0 Å². The van der Waals surface area contributed by atoms with Crippen molar-refractivity contribution in [3.63, 3.8) is 0 Å². The molecular formula is C19H27I2N3O7. The van der Waals surface area contributed by atoms with Crippen molar-refractivity contribution in [2.45, 2.75) is 45.4 Å². The molecule has 1 aromatic carbocycles. The van der Waals surface area contributed by atoms with Crippen molar-refractivity contribution in [2.24, 2.45) is 0 Å². The van der Waals surface area contributed by atoms with Gasteiger partial charge >= 0.3 is 0 Å². The predicted octanol–water partition coefficient (Wildman–Crippen LogP) is 0.107. The van der Waals surface area contributed by atoms with Crippen LogP contribution in [0.3, 0.4) is 0 Å². The third-order valence-corrected chi connectivity index (χ3v) is 6.69. The van der Waals surface area contributed by atoms with E-state index in [9.17, 15) is 34.8 Å². The van der Waals surface area contributed by atoms with Crippen LogP contribution in [0, 0.1) is 14.1 Å². The number of rotatable bonds is 10. The summed E-state index contributed by atoms with van der Waals surface area (Å²) in [6, 6.07) is -1.41. The zero-order valence-corrected chi connectivity index (χ0v) is 21.6. The Morgan fingerprint density at radius 2 is 1.32 bits per heavy atom. The number of hydrogen-bond acceptors (Lipinski definition) is 7. The molecule has 1 aromatic rings. The highest BCUT2D eigenvalue weighted by Gasteiger charge is 2.29. The smallest absolute Gasteiger partial charge is 0.253 e. The first-order valence-corrected chi connectivity index (χ1v) is 11.6. The number of carbonyl (C=O) groups is 3. The molecule has 3 amide bonds. The summed E-state index contributed by atoms with van der Waals surface area (Å²) in [5.41, 5.74) is 0.704. The minimum atomic E-state index is -1.32. The van der Waals surface area contributed by atoms with Gasteiger partial charge in [0.1, 0.15) is 6.10 Å². The molecule has 1 rings (SSSR count). The number of hydrogen-bond donors (Lipinski definition) is 7. The fourth-order valence-corrected chi connectivity index (χ4v) is 5.24. The summed E-state index contributed by atoms with van der Waals surface area (Å²) in [6.07, 6.45) is -0.843. The summed E-state index contributed by atoms with van der Waals surface area (Å²) >= 11 is 3.74. The number of nitrogens with one attached hydrogen (secondary N) is 3. The van der Waals surface area contributed by atoms with E-state index in [-0.39, 0.29) is 23.4 Å². The summed E-state index contributed by atoms with van der Waals surface area (Å²) in [5.74, 6) is -1.91. The molecule has 10 nitrogen and oxygen atoms in total. The Hall–Kier alpha value is -1.07. The molecule has 0 aromatic heterocycles. The number of benzene rings is 1. The topological polar surface area (TPSA) is 168 Å². The normalized spacial score (nSPS) is 13.0. The maximum Gasteiger partial charge on any atom is 0.253 e. The second-order valence-corrected chi connectivity index (χ2v) is 9.00. The summed E-state index contributed by atoms with van der Waals surface area (Å²) in [6.45, 7) is 3.40. The van der Waals surface area contributed by atoms with Gasteiger partial charge < -0.3 is 36.4 Å². The van der Waals surface area contributed by atoms with Gasteiger partial charge in [-0.3, -0.25) is 14.4 Å². The summed E-state index contributed by atoms with van der Waals surface area (Å²) in [5, 5.41) is 45.3. The molecular weight excluding hydrogens is 636 g/mol. The van der Waals surface area contributed by atoms with Crippen LogP contribution in [0.4, 0.5) is 5.69 Å². The molecule has 0 aliphatic heterocycles. The van der Waals surface area contributed by atoms with E-state index in [0.717, 1.165) is 0 Å². The zero-order chi connectivity index (χ0) is 23.9. The van der Waals surface area contributed by atoms with Crippen molar-refractivity contribution in [3.8, 4) is 0 Å². The molecule has 0 heterocycles. The number of carbonyl (C=O) groups excluding carboxylic acids is 3. The maximum absolute atomic E-state index is 13.0. The highest BCUT2D eigenvalue weighted by atomic mass is 127. The molecule has 0 bridgehead atoms. The number of aliphatic hydroxyl groups is 4. The molecule has 0 aliphatic rings. The van der Waals surface area contributed by atoms with Crippen LogP contribution in [0.5, 0.6) is 0 Å². The molecule has 12 heteroatoms. The fourth-order valence-electron chi connectivity index (χ4n) is 2.62. The maximum atomic E-state index is 13.0. The standard InChI is InChI=1S/C19H27I2N3O7/c1-4-10(5-25)22-18(30)12-8(2)13(19(31)23-11(6-26)7-27)15(21)16(14(12)20)24-17(29)9(3)28/h9-11,25-28H,4-7H2,1-3H3,(H,22,30)(H,23,31)(H,24,29)/t9-,10?/m0/s1. The van der Waals surface area contributed by atoms with Gasteiger partial charge in [-0.1, -0.05) is 6.92 Å². The van der Waals surface area contributed by atoms with Gasteiger partial charge in [0.15, 0.2) is 0 Å². The van der Waals surface area contributed by atoms with Crippen LogP contribution in [-0.4, -0.2) is 76.2 Å². The Morgan fingerprint density at radius 3 is 1.68 bits per heavy atom. The van der Waals surface area contributed by atoms with Gasteiger partial charge in [-0.15, -0.1) is 0 Å². The minimum Gasteiger partial charge on any atom is -0.394 e. The molecule has 2 atom stereocenters. The fraction of sp³-hybridized carbons (Fsp3) is 0.526. The summed E-state index contributed by atoms with van der Waals surface area (Å²) < 4.78 is 0.683. The summed E-state index contributed by atoms with van der Waals surface area (Å²) in [7, 11) is 0. The van der Waals surface area contributed by atoms with Crippen LogP contribution in [0.2, 0.25) is 0 Å². The Labute approximate surface area is 207 Å². The van der Waals surface area contributed by atoms with Gasteiger partial charge in [0.25, 0.3) is 17.7 Å². The van der Waals surface area contributed by atoms with E-state index in [1.807, 2.05) is 45.2 Å². The highest BCUT2D eigenvalue weighted by Crippen LogP contribution is 2.35. The first kappa shape index (κ1) is 28.0. The molecule has 0 spiro atoms. The average Bonchev–Trinajstić information content (AvgIpc) is 2.72. The van der Waals surface area contributed by atoms with E-state index >= 15 is 0 Å². The van der Waals surface area contributed by atoms with Gasteiger partial charge in [-0.05, 0) is 71.0 Å². The lowest BCUT2D eigenvalue weighted by molar-refractivity contribution is -0.123. The average molecular weight is 663 g/mol. The Kier molecular flexibility index (Phi) is 11.6. The second-order valence-electron chi connectivity index (χ2n) is 6.84. The quantitative estimate of drug-likeness (QED) is 0.175. The SMILES string of the molecule is CCC(CO)NC(=O)c1c(C)c(C(=O)NC(CO)CO)c(I)c(NC(=O)[C@H](C)O)c1I. The van der Waals surface area contributed by atoms with E-state index in [1.54, 1.807) is 13.8 Å². The van der Waals surface area contributed by atoms with E-state index in [4.69, 9.17) is 0 Å². The molecule has 1 unspecified atom stereocenters. The monoisotopic (exact) mass is 663 g/mol. The van der Waals surface area contributed by atoms with Crippen LogP contribution < -0.4 is 16.0 Å². The minimum absolute atomic E-state index is 0.0796. The third-order valence-electron chi connectivity index (χ3n) is 4.53. The van der Waals surface area contributed by atoms with Crippen LogP contribution in [0.1, 0.15) is 46.5 Å². The van der Waals surface area contributed by atoms with E-state index < -0.39 is 49.1 Å². The van der Waals surface area contributed by atoms with Crippen LogP contribution in [-0.2, 0) is 4.79 Å². The predicted molar refractivity (Wildman–Crippen MR) is 131 cm³/mol. The molecule has 0 saturated heterocycles. The van der Waals surface area contributed by atoms with Crippen molar-refractivity contribution in [1.29, 1.82) is 0 Å². The van der Waals surface area contributed by atoms with Gasteiger partial charge in [-0.25, -0.2) is 0 Å². The van der Waals surface area contributed by atoms with Crippen molar-refractivity contribution in [1.82, 2.24) is 10.6 Å². The lowest BCUT2D eigenvalue weighted by Gasteiger charge is -2.23. The molecule has 0 aliphatic carbocycles. The van der Waals surface area contributed by atoms with Crippen molar-refractivity contribution < 1.29 is 34.8 Å². The van der Waals surface area contributed by atoms with E-state index in [0.29, 0.717) is 19.1 Å². The Balaban J connectivity index is 3.66. The Bertz CT molecular complexity index is 772. The molecule has 0 fully saturated rings. The first-order chi connectivity index (χ1) is 14.5. The molecule has 7 N–H and O–H groups in total. The van der Waals surface area contributed by atoms with Crippen molar-refractivity contribution >= 4 is 68.6 Å². The lowest BCUT2D eigenvalue weighted by Crippen LogP contribution is -2.41. The number of anilines is 1. The second kappa shape index (κ2) is 12.8. The van der Waals surface area contributed by atoms with Gasteiger partial charge in [-0.2, -0.15) is 0 Å². The number of amides is 3. The number of halogens is 2. The van der Waals surface area contributed by atoms with Gasteiger partial charge in [0.05, 0.1) is 55.9 Å². The molecule has 0 radical (unpaired) electrons. The van der Waals surface area contributed by atoms with Crippen LogP contribution >= 0.6 is 45.2 Å². The third kappa shape index (κ3) is 6.95. The Morgan fingerprint density at radius 1 is 0.903 bits per heavy atom. The number of aliphatic hydroxyl groups excluding tert-OH is 4. The van der Waals surface area contributed by atoms with Gasteiger partial charge in [0.2, 0.25) is 0 Å². The van der Waals surface area contributed by atoms with Gasteiger partial charge in [0, 0.05) is 0 Å². The lowest BCUT2D eigenvalue weighted by atomic mass is 9.98.